The summed E-state index contributed by atoms with van der Waals surface area (Å²) >= 11 is 0. The van der Waals surface area contributed by atoms with E-state index in [2.05, 4.69) is 46.6 Å². The van der Waals surface area contributed by atoms with Gasteiger partial charge in [-0.3, -0.25) is 4.79 Å². The fourth-order valence-electron chi connectivity index (χ4n) is 4.54. The zero-order valence-electron chi connectivity index (χ0n) is 15.4. The van der Waals surface area contributed by atoms with Gasteiger partial charge in [-0.1, -0.05) is 43.2 Å². The van der Waals surface area contributed by atoms with Crippen LogP contribution in [0.1, 0.15) is 50.5 Å². The smallest absolute Gasteiger partial charge is 0.235 e. The number of amides is 1. The van der Waals surface area contributed by atoms with E-state index in [-0.39, 0.29) is 11.3 Å². The number of hydrogen-bond acceptors (Lipinski definition) is 2. The quantitative estimate of drug-likeness (QED) is 0.831. The van der Waals surface area contributed by atoms with Crippen molar-refractivity contribution in [3.8, 4) is 0 Å². The molecule has 3 heteroatoms. The first-order valence-electron chi connectivity index (χ1n) is 10.00. The second-order valence-electron chi connectivity index (χ2n) is 7.70. The Morgan fingerprint density at radius 2 is 1.46 bits per heavy atom. The first kappa shape index (κ1) is 17.1. The summed E-state index contributed by atoms with van der Waals surface area (Å²) in [4.78, 5) is 15.6. The number of rotatable bonds is 4. The van der Waals surface area contributed by atoms with Crippen LogP contribution in [0.2, 0.25) is 0 Å². The molecule has 0 bridgehead atoms. The molecule has 1 aliphatic heterocycles. The van der Waals surface area contributed by atoms with E-state index in [4.69, 9.17) is 0 Å². The van der Waals surface area contributed by atoms with Gasteiger partial charge < -0.3 is 10.2 Å². The molecule has 4 rings (SSSR count). The molecular formula is C23H28N2O. The third-order valence-electron chi connectivity index (χ3n) is 6.06. The van der Waals surface area contributed by atoms with Gasteiger partial charge in [0.05, 0.1) is 5.41 Å². The molecule has 2 aliphatic rings. The van der Waals surface area contributed by atoms with E-state index in [0.717, 1.165) is 50.0 Å². The normalized spacial score (nSPS) is 19.3. The molecule has 0 atom stereocenters. The van der Waals surface area contributed by atoms with E-state index in [1.165, 1.54) is 24.9 Å². The number of carbonyl (C=O) groups is 1. The Morgan fingerprint density at radius 1 is 0.808 bits per heavy atom. The van der Waals surface area contributed by atoms with Crippen molar-refractivity contribution in [2.75, 3.05) is 23.3 Å². The number of carbonyl (C=O) groups excluding carboxylic acids is 1. The van der Waals surface area contributed by atoms with Gasteiger partial charge in [0.1, 0.15) is 0 Å². The molecule has 2 aromatic rings. The lowest BCUT2D eigenvalue weighted by molar-refractivity contribution is -0.121. The van der Waals surface area contributed by atoms with Crippen LogP contribution in [0.25, 0.3) is 0 Å². The monoisotopic (exact) mass is 348 g/mol. The summed E-state index contributed by atoms with van der Waals surface area (Å²) in [6, 6.07) is 18.7. The molecule has 0 spiro atoms. The summed E-state index contributed by atoms with van der Waals surface area (Å²) in [5, 5.41) is 3.20. The highest BCUT2D eigenvalue weighted by Crippen LogP contribution is 2.42. The lowest BCUT2D eigenvalue weighted by atomic mass is 9.78. The van der Waals surface area contributed by atoms with Crippen LogP contribution in [0.3, 0.4) is 0 Å². The molecule has 3 nitrogen and oxygen atoms in total. The molecule has 1 amide bonds. The second-order valence-corrected chi connectivity index (χ2v) is 7.70. The van der Waals surface area contributed by atoms with Crippen molar-refractivity contribution >= 4 is 17.3 Å². The summed E-state index contributed by atoms with van der Waals surface area (Å²) < 4.78 is 0. The molecule has 1 heterocycles. The van der Waals surface area contributed by atoms with Crippen molar-refractivity contribution in [1.82, 2.24) is 0 Å². The third kappa shape index (κ3) is 3.35. The number of nitrogens with one attached hydrogen (secondary N) is 1. The first-order chi connectivity index (χ1) is 12.8. The average molecular weight is 348 g/mol. The molecule has 1 saturated heterocycles. The van der Waals surface area contributed by atoms with Crippen molar-refractivity contribution in [2.45, 2.75) is 50.4 Å². The SMILES string of the molecule is O=C(Nc1ccc(N2CCCCC2)cc1)C1(c2ccccc2)CCCC1. The molecular weight excluding hydrogens is 320 g/mol. The minimum Gasteiger partial charge on any atom is -0.372 e. The first-order valence-corrected chi connectivity index (χ1v) is 10.00. The van der Waals surface area contributed by atoms with Crippen LogP contribution < -0.4 is 10.2 Å². The van der Waals surface area contributed by atoms with Crippen LogP contribution in [-0.2, 0) is 10.2 Å². The maximum Gasteiger partial charge on any atom is 0.235 e. The minimum absolute atomic E-state index is 0.145. The highest BCUT2D eigenvalue weighted by atomic mass is 16.2. The van der Waals surface area contributed by atoms with Crippen molar-refractivity contribution in [3.05, 3.63) is 60.2 Å². The fraction of sp³-hybridized carbons (Fsp3) is 0.435. The molecule has 1 saturated carbocycles. The van der Waals surface area contributed by atoms with Crippen LogP contribution >= 0.6 is 0 Å². The maximum absolute atomic E-state index is 13.2. The standard InChI is InChI=1S/C23H28N2O/c26-22(23(15-5-6-16-23)19-9-3-1-4-10-19)24-20-11-13-21(14-12-20)25-17-7-2-8-18-25/h1,3-4,9-14H,2,5-8,15-18H2,(H,24,26). The number of nitrogens with zero attached hydrogens (tertiary/aromatic N) is 1. The Bertz CT molecular complexity index is 727. The molecule has 2 fully saturated rings. The molecule has 1 N–H and O–H groups in total. The predicted octanol–water partition coefficient (Wildman–Crippen LogP) is 5.13. The predicted molar refractivity (Wildman–Crippen MR) is 108 cm³/mol. The van der Waals surface area contributed by atoms with Gasteiger partial charge in [0.15, 0.2) is 0 Å². The summed E-state index contributed by atoms with van der Waals surface area (Å²) in [5.41, 5.74) is 2.95. The molecule has 136 valence electrons. The molecule has 0 aromatic heterocycles. The third-order valence-corrected chi connectivity index (χ3v) is 6.06. The van der Waals surface area contributed by atoms with Gasteiger partial charge >= 0.3 is 0 Å². The topological polar surface area (TPSA) is 32.3 Å². The van der Waals surface area contributed by atoms with Gasteiger partial charge in [0, 0.05) is 24.5 Å². The van der Waals surface area contributed by atoms with Gasteiger partial charge in [-0.15, -0.1) is 0 Å². The van der Waals surface area contributed by atoms with Gasteiger partial charge in [-0.2, -0.15) is 0 Å². The lowest BCUT2D eigenvalue weighted by Crippen LogP contribution is -2.38. The Balaban J connectivity index is 1.50. The van der Waals surface area contributed by atoms with Gasteiger partial charge in [-0.25, -0.2) is 0 Å². The van der Waals surface area contributed by atoms with Crippen LogP contribution in [0.5, 0.6) is 0 Å². The molecule has 2 aromatic carbocycles. The maximum atomic E-state index is 13.2. The van der Waals surface area contributed by atoms with E-state index in [9.17, 15) is 4.79 Å². The summed E-state index contributed by atoms with van der Waals surface area (Å²) in [7, 11) is 0. The molecule has 0 radical (unpaired) electrons. The zero-order valence-corrected chi connectivity index (χ0v) is 15.4. The van der Waals surface area contributed by atoms with Crippen LogP contribution in [-0.4, -0.2) is 19.0 Å². The number of anilines is 2. The van der Waals surface area contributed by atoms with E-state index in [0.29, 0.717) is 0 Å². The van der Waals surface area contributed by atoms with Crippen LogP contribution in [0, 0.1) is 0 Å². The largest absolute Gasteiger partial charge is 0.372 e. The van der Waals surface area contributed by atoms with E-state index in [1.807, 2.05) is 18.2 Å². The lowest BCUT2D eigenvalue weighted by Gasteiger charge is -2.30. The summed E-state index contributed by atoms with van der Waals surface area (Å²) in [6.07, 6.45) is 8.01. The Kier molecular flexibility index (Phi) is 4.96. The van der Waals surface area contributed by atoms with Gasteiger partial charge in [0.2, 0.25) is 5.91 Å². The Hall–Kier alpha value is -2.29. The van der Waals surface area contributed by atoms with Gasteiger partial charge in [-0.05, 0) is 61.9 Å². The summed E-state index contributed by atoms with van der Waals surface area (Å²) in [6.45, 7) is 2.28. The van der Waals surface area contributed by atoms with Crippen LogP contribution in [0.4, 0.5) is 11.4 Å². The fourth-order valence-corrected chi connectivity index (χ4v) is 4.54. The van der Waals surface area contributed by atoms with Crippen molar-refractivity contribution in [1.29, 1.82) is 0 Å². The van der Waals surface area contributed by atoms with E-state index in [1.54, 1.807) is 0 Å². The molecule has 0 unspecified atom stereocenters. The van der Waals surface area contributed by atoms with E-state index >= 15 is 0 Å². The van der Waals surface area contributed by atoms with Crippen molar-refractivity contribution < 1.29 is 4.79 Å². The number of hydrogen-bond donors (Lipinski definition) is 1. The Labute approximate surface area is 156 Å². The minimum atomic E-state index is -0.368. The highest BCUT2D eigenvalue weighted by molar-refractivity contribution is 5.99. The number of benzene rings is 2. The molecule has 1 aliphatic carbocycles. The second kappa shape index (κ2) is 7.53. The average Bonchev–Trinajstić information content (AvgIpc) is 3.21. The van der Waals surface area contributed by atoms with Crippen molar-refractivity contribution in [2.24, 2.45) is 0 Å². The highest BCUT2D eigenvalue weighted by Gasteiger charge is 2.42. The number of piperidine rings is 1. The van der Waals surface area contributed by atoms with Gasteiger partial charge in [0.25, 0.3) is 0 Å². The van der Waals surface area contributed by atoms with E-state index < -0.39 is 0 Å². The summed E-state index contributed by atoms with van der Waals surface area (Å²) in [5.74, 6) is 0.145. The Morgan fingerprint density at radius 3 is 2.12 bits per heavy atom. The van der Waals surface area contributed by atoms with Crippen LogP contribution in [0.15, 0.2) is 54.6 Å². The zero-order chi connectivity index (χ0) is 17.8. The van der Waals surface area contributed by atoms with Crippen molar-refractivity contribution in [3.63, 3.8) is 0 Å². The molecule has 26 heavy (non-hydrogen) atoms.